The Morgan fingerprint density at radius 2 is 1.71 bits per heavy atom. The highest BCUT2D eigenvalue weighted by molar-refractivity contribution is 7.22. The molecule has 4 nitrogen and oxygen atoms in total. The summed E-state index contributed by atoms with van der Waals surface area (Å²) >= 11 is 1.63. The third-order valence-corrected chi connectivity index (χ3v) is 7.96. The molecule has 0 amide bonds. The van der Waals surface area contributed by atoms with Crippen molar-refractivity contribution in [2.45, 2.75) is 32.6 Å². The monoisotopic (exact) mass is 485 g/mol. The van der Waals surface area contributed by atoms with Crippen LogP contribution in [0.1, 0.15) is 47.7 Å². The Hall–Kier alpha value is -3.15. The van der Waals surface area contributed by atoms with Crippen LogP contribution in [-0.4, -0.2) is 42.0 Å². The number of thiophene rings is 1. The lowest BCUT2D eigenvalue weighted by Gasteiger charge is -2.26. The van der Waals surface area contributed by atoms with Crippen molar-refractivity contribution in [3.8, 4) is 21.9 Å². The first-order valence-electron chi connectivity index (χ1n) is 12.5. The summed E-state index contributed by atoms with van der Waals surface area (Å²) in [5.74, 6) is 1.01. The van der Waals surface area contributed by atoms with Gasteiger partial charge in [-0.2, -0.15) is 0 Å². The van der Waals surface area contributed by atoms with Gasteiger partial charge in [-0.15, -0.1) is 11.3 Å². The van der Waals surface area contributed by atoms with Crippen LogP contribution in [0.2, 0.25) is 0 Å². The second-order valence-electron chi connectivity index (χ2n) is 9.14. The number of ketones is 1. The van der Waals surface area contributed by atoms with Gasteiger partial charge in [0.25, 0.3) is 0 Å². The predicted octanol–water partition coefficient (Wildman–Crippen LogP) is 6.93. The van der Waals surface area contributed by atoms with Gasteiger partial charge in [0, 0.05) is 32.6 Å². The molecule has 0 saturated carbocycles. The second kappa shape index (κ2) is 10.6. The number of ether oxygens (including phenoxy) is 1. The SMILES string of the molecule is CCc1ccc2c(C(=O)c3ccc(OCCN4CCCCC4)cc3)c(-c3ccc(O)cc3)sc2c1. The summed E-state index contributed by atoms with van der Waals surface area (Å²) < 4.78 is 7.06. The summed E-state index contributed by atoms with van der Waals surface area (Å²) in [6.45, 7) is 6.06. The highest BCUT2D eigenvalue weighted by Gasteiger charge is 2.22. The molecule has 0 radical (unpaired) electrons. The molecule has 2 heterocycles. The van der Waals surface area contributed by atoms with E-state index >= 15 is 0 Å². The van der Waals surface area contributed by atoms with E-state index < -0.39 is 0 Å². The van der Waals surface area contributed by atoms with Gasteiger partial charge in [-0.05, 0) is 98.1 Å². The fraction of sp³-hybridized carbons (Fsp3) is 0.300. The van der Waals surface area contributed by atoms with Gasteiger partial charge in [0.15, 0.2) is 5.78 Å². The van der Waals surface area contributed by atoms with E-state index in [9.17, 15) is 9.90 Å². The number of carbonyl (C=O) groups is 1. The van der Waals surface area contributed by atoms with E-state index in [1.807, 2.05) is 36.4 Å². The summed E-state index contributed by atoms with van der Waals surface area (Å²) in [5.41, 5.74) is 3.55. The normalized spacial score (nSPS) is 14.3. The summed E-state index contributed by atoms with van der Waals surface area (Å²) in [4.78, 5) is 17.2. The first-order chi connectivity index (χ1) is 17.1. The molecule has 35 heavy (non-hydrogen) atoms. The number of aryl methyl sites for hydroxylation is 1. The van der Waals surface area contributed by atoms with Crippen molar-refractivity contribution in [3.05, 3.63) is 83.4 Å². The van der Waals surface area contributed by atoms with Gasteiger partial charge >= 0.3 is 0 Å². The molecular weight excluding hydrogens is 454 g/mol. The number of phenols is 1. The average Bonchev–Trinajstić information content (AvgIpc) is 3.28. The third kappa shape index (κ3) is 5.26. The minimum atomic E-state index is 0.00319. The van der Waals surface area contributed by atoms with Gasteiger partial charge in [0.1, 0.15) is 18.1 Å². The van der Waals surface area contributed by atoms with Crippen molar-refractivity contribution in [3.63, 3.8) is 0 Å². The Kier molecular flexibility index (Phi) is 7.16. The van der Waals surface area contributed by atoms with Gasteiger partial charge in [-0.25, -0.2) is 0 Å². The first kappa shape index (κ1) is 23.6. The quantitative estimate of drug-likeness (QED) is 0.275. The van der Waals surface area contributed by atoms with Crippen LogP contribution in [0.3, 0.4) is 0 Å². The molecule has 0 bridgehead atoms. The van der Waals surface area contributed by atoms with E-state index in [2.05, 4.69) is 30.0 Å². The summed E-state index contributed by atoms with van der Waals surface area (Å²) in [6.07, 6.45) is 4.84. The van der Waals surface area contributed by atoms with E-state index in [0.29, 0.717) is 12.2 Å². The van der Waals surface area contributed by atoms with Crippen molar-refractivity contribution in [1.82, 2.24) is 4.90 Å². The molecule has 5 heteroatoms. The number of aromatic hydroxyl groups is 1. The zero-order valence-electron chi connectivity index (χ0n) is 20.1. The van der Waals surface area contributed by atoms with Crippen molar-refractivity contribution >= 4 is 27.2 Å². The van der Waals surface area contributed by atoms with Crippen LogP contribution in [-0.2, 0) is 6.42 Å². The molecule has 5 rings (SSSR count). The molecule has 0 spiro atoms. The Morgan fingerprint density at radius 3 is 2.43 bits per heavy atom. The van der Waals surface area contributed by atoms with Crippen molar-refractivity contribution < 1.29 is 14.6 Å². The number of carbonyl (C=O) groups excluding carboxylic acids is 1. The number of piperidine rings is 1. The molecule has 180 valence electrons. The van der Waals surface area contributed by atoms with Crippen LogP contribution in [0.4, 0.5) is 0 Å². The number of benzene rings is 3. The summed E-state index contributed by atoms with van der Waals surface area (Å²) in [6, 6.07) is 21.0. The van der Waals surface area contributed by atoms with Crippen molar-refractivity contribution in [2.75, 3.05) is 26.2 Å². The molecule has 0 unspecified atom stereocenters. The number of rotatable bonds is 8. The molecule has 1 fully saturated rings. The fourth-order valence-electron chi connectivity index (χ4n) is 4.72. The van der Waals surface area contributed by atoms with Gasteiger partial charge in [-0.1, -0.05) is 25.5 Å². The van der Waals surface area contributed by atoms with Crippen LogP contribution in [0.25, 0.3) is 20.5 Å². The average molecular weight is 486 g/mol. The molecule has 1 N–H and O–H groups in total. The Bertz CT molecular complexity index is 1300. The smallest absolute Gasteiger partial charge is 0.195 e. The van der Waals surface area contributed by atoms with Crippen LogP contribution in [0.5, 0.6) is 11.5 Å². The Labute approximate surface area is 210 Å². The number of likely N-dealkylation sites (tertiary alicyclic amines) is 1. The van der Waals surface area contributed by atoms with E-state index in [4.69, 9.17) is 4.74 Å². The lowest BCUT2D eigenvalue weighted by Crippen LogP contribution is -2.33. The Balaban J connectivity index is 1.40. The molecule has 4 aromatic rings. The maximum Gasteiger partial charge on any atom is 0.195 e. The highest BCUT2D eigenvalue weighted by atomic mass is 32.1. The molecule has 1 aliphatic rings. The zero-order chi connectivity index (χ0) is 24.2. The second-order valence-corrected chi connectivity index (χ2v) is 10.2. The fourth-order valence-corrected chi connectivity index (χ4v) is 5.99. The van der Waals surface area contributed by atoms with E-state index in [1.54, 1.807) is 23.5 Å². The molecule has 3 aromatic carbocycles. The summed E-state index contributed by atoms with van der Waals surface area (Å²) in [7, 11) is 0. The van der Waals surface area contributed by atoms with Gasteiger partial charge in [0.05, 0.1) is 0 Å². The highest BCUT2D eigenvalue weighted by Crippen LogP contribution is 2.41. The van der Waals surface area contributed by atoms with Crippen molar-refractivity contribution in [1.29, 1.82) is 0 Å². The van der Waals surface area contributed by atoms with Gasteiger partial charge < -0.3 is 9.84 Å². The van der Waals surface area contributed by atoms with E-state index in [-0.39, 0.29) is 11.5 Å². The maximum atomic E-state index is 13.8. The lowest BCUT2D eigenvalue weighted by molar-refractivity contribution is 0.104. The molecule has 1 aromatic heterocycles. The van der Waals surface area contributed by atoms with Crippen LogP contribution in [0.15, 0.2) is 66.7 Å². The number of hydrogen-bond acceptors (Lipinski definition) is 5. The largest absolute Gasteiger partial charge is 0.508 e. The van der Waals surface area contributed by atoms with Crippen molar-refractivity contribution in [2.24, 2.45) is 0 Å². The molecular formula is C30H31NO3S. The number of phenolic OH excluding ortho intramolecular Hbond substituents is 1. The minimum absolute atomic E-state index is 0.00319. The van der Waals surface area contributed by atoms with Gasteiger partial charge in [-0.3, -0.25) is 9.69 Å². The first-order valence-corrected chi connectivity index (χ1v) is 13.3. The standard InChI is InChI=1S/C30H31NO3S/c1-2-21-6-15-26-27(20-21)35-30(23-7-11-24(32)12-8-23)28(26)29(33)22-9-13-25(14-10-22)34-19-18-31-16-4-3-5-17-31/h6-15,20,32H,2-5,16-19H2,1H3. The Morgan fingerprint density at radius 1 is 0.971 bits per heavy atom. The maximum absolute atomic E-state index is 13.8. The van der Waals surface area contributed by atoms with Gasteiger partial charge in [0.2, 0.25) is 0 Å². The third-order valence-electron chi connectivity index (χ3n) is 6.76. The minimum Gasteiger partial charge on any atom is -0.508 e. The molecule has 0 aliphatic carbocycles. The number of fused-ring (bicyclic) bond motifs is 1. The van der Waals surface area contributed by atoms with Crippen LogP contribution in [0, 0.1) is 0 Å². The van der Waals surface area contributed by atoms with Crippen LogP contribution < -0.4 is 4.74 Å². The topological polar surface area (TPSA) is 49.8 Å². The molecule has 1 saturated heterocycles. The molecule has 0 atom stereocenters. The number of hydrogen-bond donors (Lipinski definition) is 1. The van der Waals surface area contributed by atoms with E-state index in [1.165, 1.54) is 24.8 Å². The lowest BCUT2D eigenvalue weighted by atomic mass is 9.97. The summed E-state index contributed by atoms with van der Waals surface area (Å²) in [5, 5.41) is 10.7. The van der Waals surface area contributed by atoms with E-state index in [0.717, 1.165) is 57.9 Å². The van der Waals surface area contributed by atoms with Crippen LogP contribution >= 0.6 is 11.3 Å². The predicted molar refractivity (Wildman–Crippen MR) is 144 cm³/mol. The number of nitrogens with zero attached hydrogens (tertiary/aromatic N) is 1. The zero-order valence-corrected chi connectivity index (χ0v) is 20.9. The molecule has 1 aliphatic heterocycles.